The predicted molar refractivity (Wildman–Crippen MR) is 78.6 cm³/mol. The summed E-state index contributed by atoms with van der Waals surface area (Å²) in [6.45, 7) is 0.527. The molecule has 1 aromatic rings. The van der Waals surface area contributed by atoms with Gasteiger partial charge < -0.3 is 20.5 Å². The molecule has 0 aliphatic heterocycles. The van der Waals surface area contributed by atoms with E-state index in [1.165, 1.54) is 7.11 Å². The molecule has 0 spiro atoms. The van der Waals surface area contributed by atoms with E-state index in [1.807, 2.05) is 0 Å². The number of carbonyl (C=O) groups is 2. The van der Waals surface area contributed by atoms with E-state index < -0.39 is 5.97 Å². The standard InChI is InChI=1S/C10H12Br2N2O4S/c1-17-10(16)8-7(6(11)9(12)19-8)18-4-5(15)14-3-2-13/h2-4,13H2,1H3,(H,14,15). The first-order valence-corrected chi connectivity index (χ1v) is 7.57. The van der Waals surface area contributed by atoms with E-state index in [9.17, 15) is 9.59 Å². The summed E-state index contributed by atoms with van der Waals surface area (Å²) < 4.78 is 11.3. The van der Waals surface area contributed by atoms with E-state index in [1.54, 1.807) is 0 Å². The van der Waals surface area contributed by atoms with Gasteiger partial charge in [0, 0.05) is 13.1 Å². The first-order chi connectivity index (χ1) is 9.01. The molecule has 1 aromatic heterocycles. The average molecular weight is 416 g/mol. The van der Waals surface area contributed by atoms with E-state index in [4.69, 9.17) is 10.5 Å². The Morgan fingerprint density at radius 3 is 2.68 bits per heavy atom. The van der Waals surface area contributed by atoms with Gasteiger partial charge in [0.25, 0.3) is 5.91 Å². The summed E-state index contributed by atoms with van der Waals surface area (Å²) in [5.41, 5.74) is 5.26. The van der Waals surface area contributed by atoms with Crippen molar-refractivity contribution in [2.75, 3.05) is 26.8 Å². The maximum Gasteiger partial charge on any atom is 0.351 e. The Labute approximate surface area is 130 Å². The molecule has 0 saturated carbocycles. The van der Waals surface area contributed by atoms with Crippen LogP contribution in [0.1, 0.15) is 9.67 Å². The zero-order valence-corrected chi connectivity index (χ0v) is 14.0. The number of amides is 1. The Morgan fingerprint density at radius 2 is 2.11 bits per heavy atom. The maximum absolute atomic E-state index is 11.6. The number of nitrogens with two attached hydrogens (primary N) is 1. The fourth-order valence-corrected chi connectivity index (χ4v) is 3.26. The van der Waals surface area contributed by atoms with Crippen LogP contribution in [0.25, 0.3) is 0 Å². The van der Waals surface area contributed by atoms with Crippen LogP contribution in [0, 0.1) is 0 Å². The second kappa shape index (κ2) is 7.83. The van der Waals surface area contributed by atoms with Crippen molar-refractivity contribution in [2.24, 2.45) is 5.73 Å². The van der Waals surface area contributed by atoms with Crippen molar-refractivity contribution in [1.82, 2.24) is 5.32 Å². The number of carbonyl (C=O) groups excluding carboxylic acids is 2. The van der Waals surface area contributed by atoms with Crippen molar-refractivity contribution in [3.63, 3.8) is 0 Å². The number of nitrogens with one attached hydrogen (secondary N) is 1. The van der Waals surface area contributed by atoms with Gasteiger partial charge in [-0.05, 0) is 31.9 Å². The molecule has 1 heterocycles. The van der Waals surface area contributed by atoms with Gasteiger partial charge in [0.1, 0.15) is 0 Å². The fraction of sp³-hybridized carbons (Fsp3) is 0.400. The van der Waals surface area contributed by atoms with Crippen LogP contribution in [0.15, 0.2) is 8.26 Å². The van der Waals surface area contributed by atoms with Gasteiger partial charge in [0.2, 0.25) is 0 Å². The molecule has 0 unspecified atom stereocenters. The molecule has 106 valence electrons. The highest BCUT2D eigenvalue weighted by molar-refractivity contribution is 9.13. The van der Waals surface area contributed by atoms with E-state index in [-0.39, 0.29) is 23.1 Å². The van der Waals surface area contributed by atoms with Crippen molar-refractivity contribution in [1.29, 1.82) is 0 Å². The molecule has 0 aromatic carbocycles. The molecule has 19 heavy (non-hydrogen) atoms. The van der Waals surface area contributed by atoms with Crippen molar-refractivity contribution < 1.29 is 19.1 Å². The minimum atomic E-state index is -0.520. The normalized spacial score (nSPS) is 10.1. The molecule has 0 aliphatic carbocycles. The van der Waals surface area contributed by atoms with Crippen LogP contribution in [-0.4, -0.2) is 38.7 Å². The number of thiophene rings is 1. The summed E-state index contributed by atoms with van der Waals surface area (Å²) in [5, 5.41) is 2.56. The zero-order chi connectivity index (χ0) is 14.4. The van der Waals surface area contributed by atoms with Gasteiger partial charge in [0.05, 0.1) is 15.4 Å². The number of hydrogen-bond donors (Lipinski definition) is 2. The molecule has 0 radical (unpaired) electrons. The molecule has 9 heteroatoms. The summed E-state index contributed by atoms with van der Waals surface area (Å²) in [4.78, 5) is 23.3. The third-order valence-electron chi connectivity index (χ3n) is 1.95. The van der Waals surface area contributed by atoms with Crippen molar-refractivity contribution in [3.05, 3.63) is 13.1 Å². The first-order valence-electron chi connectivity index (χ1n) is 5.16. The minimum Gasteiger partial charge on any atom is -0.481 e. The summed E-state index contributed by atoms with van der Waals surface area (Å²) in [6, 6.07) is 0. The van der Waals surface area contributed by atoms with Gasteiger partial charge >= 0.3 is 5.97 Å². The third-order valence-corrected chi connectivity index (χ3v) is 5.33. The lowest BCUT2D eigenvalue weighted by atomic mass is 10.4. The highest BCUT2D eigenvalue weighted by Crippen LogP contribution is 2.43. The Hall–Kier alpha value is -0.640. The van der Waals surface area contributed by atoms with Gasteiger partial charge in [0.15, 0.2) is 17.2 Å². The minimum absolute atomic E-state index is 0.203. The lowest BCUT2D eigenvalue weighted by Crippen LogP contribution is -2.33. The SMILES string of the molecule is COC(=O)c1sc(Br)c(Br)c1OCC(=O)NCCN. The monoisotopic (exact) mass is 414 g/mol. The molecule has 0 fully saturated rings. The molecule has 0 bridgehead atoms. The number of halogens is 2. The Kier molecular flexibility index (Phi) is 6.76. The van der Waals surface area contributed by atoms with Crippen molar-refractivity contribution in [2.45, 2.75) is 0 Å². The molecule has 6 nitrogen and oxygen atoms in total. The van der Waals surface area contributed by atoms with E-state index in [0.29, 0.717) is 21.3 Å². The quantitative estimate of drug-likeness (QED) is 0.687. The molecular formula is C10H12Br2N2O4S. The molecule has 0 atom stereocenters. The first kappa shape index (κ1) is 16.4. The fourth-order valence-electron chi connectivity index (χ4n) is 1.13. The maximum atomic E-state index is 11.6. The molecule has 0 aliphatic rings. The van der Waals surface area contributed by atoms with Crippen LogP contribution in [0.3, 0.4) is 0 Å². The van der Waals surface area contributed by atoms with Crippen molar-refractivity contribution >= 4 is 55.1 Å². The van der Waals surface area contributed by atoms with Crippen molar-refractivity contribution in [3.8, 4) is 5.75 Å². The van der Waals surface area contributed by atoms with Crippen LogP contribution in [0.4, 0.5) is 0 Å². The smallest absolute Gasteiger partial charge is 0.351 e. The highest BCUT2D eigenvalue weighted by Gasteiger charge is 2.23. The summed E-state index contributed by atoms with van der Waals surface area (Å²) in [6.07, 6.45) is 0. The number of rotatable bonds is 6. The molecular weight excluding hydrogens is 404 g/mol. The van der Waals surface area contributed by atoms with E-state index in [2.05, 4.69) is 41.9 Å². The van der Waals surface area contributed by atoms with Crippen LogP contribution in [0.2, 0.25) is 0 Å². The van der Waals surface area contributed by atoms with Crippen LogP contribution in [-0.2, 0) is 9.53 Å². The molecule has 3 N–H and O–H groups in total. The average Bonchev–Trinajstić information content (AvgIpc) is 2.69. The van der Waals surface area contributed by atoms with Crippen LogP contribution >= 0.6 is 43.2 Å². The second-order valence-electron chi connectivity index (χ2n) is 3.27. The lowest BCUT2D eigenvalue weighted by Gasteiger charge is -2.07. The predicted octanol–water partition coefficient (Wildman–Crippen LogP) is 1.51. The van der Waals surface area contributed by atoms with Crippen LogP contribution < -0.4 is 15.8 Å². The Bertz CT molecular complexity index is 478. The summed E-state index contributed by atoms with van der Waals surface area (Å²) in [5.74, 6) is -0.545. The van der Waals surface area contributed by atoms with E-state index >= 15 is 0 Å². The summed E-state index contributed by atoms with van der Waals surface area (Å²) >= 11 is 7.72. The Balaban J connectivity index is 2.77. The van der Waals surface area contributed by atoms with Gasteiger partial charge in [-0.25, -0.2) is 4.79 Å². The zero-order valence-electron chi connectivity index (χ0n) is 10.00. The van der Waals surface area contributed by atoms with E-state index in [0.717, 1.165) is 11.3 Å². The topological polar surface area (TPSA) is 90.6 Å². The molecule has 1 rings (SSSR count). The number of methoxy groups -OCH3 is 1. The largest absolute Gasteiger partial charge is 0.481 e. The van der Waals surface area contributed by atoms with Crippen LogP contribution in [0.5, 0.6) is 5.75 Å². The van der Waals surface area contributed by atoms with Gasteiger partial charge in [-0.2, -0.15) is 0 Å². The highest BCUT2D eigenvalue weighted by atomic mass is 79.9. The van der Waals surface area contributed by atoms with Gasteiger partial charge in [-0.3, -0.25) is 4.79 Å². The van der Waals surface area contributed by atoms with Gasteiger partial charge in [-0.15, -0.1) is 11.3 Å². The number of esters is 1. The Morgan fingerprint density at radius 1 is 1.42 bits per heavy atom. The summed E-state index contributed by atoms with van der Waals surface area (Å²) in [7, 11) is 1.28. The number of hydrogen-bond acceptors (Lipinski definition) is 6. The number of ether oxygens (including phenoxy) is 2. The lowest BCUT2D eigenvalue weighted by molar-refractivity contribution is -0.123. The van der Waals surface area contributed by atoms with Gasteiger partial charge in [-0.1, -0.05) is 0 Å². The molecule has 1 amide bonds. The second-order valence-corrected chi connectivity index (χ2v) is 6.40. The third kappa shape index (κ3) is 4.44. The molecule has 0 saturated heterocycles.